The zero-order valence-electron chi connectivity index (χ0n) is 12.3. The molecule has 0 saturated carbocycles. The summed E-state index contributed by atoms with van der Waals surface area (Å²) in [6.07, 6.45) is 0.552. The van der Waals surface area contributed by atoms with Crippen LogP contribution in [0.3, 0.4) is 0 Å². The lowest BCUT2D eigenvalue weighted by Gasteiger charge is -2.32. The van der Waals surface area contributed by atoms with Crippen molar-refractivity contribution < 1.29 is 23.2 Å². The van der Waals surface area contributed by atoms with Gasteiger partial charge in [0.05, 0.1) is 23.9 Å². The number of hydrogen-bond acceptors (Lipinski definition) is 4. The Morgan fingerprint density at radius 1 is 1.20 bits per heavy atom. The molecule has 4 nitrogen and oxygen atoms in total. The van der Waals surface area contributed by atoms with Crippen LogP contribution in [0.5, 0.6) is 5.75 Å². The van der Waals surface area contributed by atoms with Gasteiger partial charge in [-0.1, -0.05) is 0 Å². The predicted molar refractivity (Wildman–Crippen MR) is 74.1 cm³/mol. The minimum absolute atomic E-state index is 0.158. The normalized spacial score (nSPS) is 20.0. The van der Waals surface area contributed by atoms with Gasteiger partial charge in [-0.05, 0) is 39.8 Å². The maximum Gasteiger partial charge on any atom is 0.497 e. The summed E-state index contributed by atoms with van der Waals surface area (Å²) in [6, 6.07) is 2.58. The fraction of sp³-hybridized carbons (Fsp3) is 0.500. The summed E-state index contributed by atoms with van der Waals surface area (Å²) < 4.78 is 30.8. The van der Waals surface area contributed by atoms with Crippen molar-refractivity contribution in [3.8, 4) is 5.75 Å². The van der Waals surface area contributed by atoms with Gasteiger partial charge < -0.3 is 14.0 Å². The molecule has 0 spiro atoms. The molecule has 1 fully saturated rings. The Morgan fingerprint density at radius 2 is 1.75 bits per heavy atom. The minimum Gasteiger partial charge on any atom is -0.496 e. The highest BCUT2D eigenvalue weighted by Gasteiger charge is 2.52. The average molecular weight is 280 g/mol. The number of rotatable bonds is 3. The molecule has 1 heterocycles. The second-order valence-electron chi connectivity index (χ2n) is 5.82. The van der Waals surface area contributed by atoms with Crippen LogP contribution in [0.4, 0.5) is 4.39 Å². The highest BCUT2D eigenvalue weighted by molar-refractivity contribution is 6.62. The maximum absolute atomic E-state index is 14.1. The van der Waals surface area contributed by atoms with Crippen molar-refractivity contribution in [3.05, 3.63) is 23.5 Å². The van der Waals surface area contributed by atoms with Gasteiger partial charge >= 0.3 is 7.12 Å². The van der Waals surface area contributed by atoms with Crippen molar-refractivity contribution in [1.82, 2.24) is 0 Å². The van der Waals surface area contributed by atoms with Gasteiger partial charge in [-0.3, -0.25) is 4.79 Å². The van der Waals surface area contributed by atoms with Gasteiger partial charge in [0.15, 0.2) is 6.29 Å². The average Bonchev–Trinajstić information content (AvgIpc) is 2.57. The molecule has 1 aliphatic rings. The second-order valence-corrected chi connectivity index (χ2v) is 5.82. The van der Waals surface area contributed by atoms with Crippen LogP contribution in [0.1, 0.15) is 38.1 Å². The highest BCUT2D eigenvalue weighted by Crippen LogP contribution is 2.37. The van der Waals surface area contributed by atoms with E-state index in [1.165, 1.54) is 13.2 Å². The molecule has 20 heavy (non-hydrogen) atoms. The third kappa shape index (κ3) is 2.34. The molecule has 1 aliphatic heterocycles. The van der Waals surface area contributed by atoms with Crippen LogP contribution in [-0.4, -0.2) is 31.7 Å². The molecule has 1 saturated heterocycles. The molecule has 0 aliphatic carbocycles. The van der Waals surface area contributed by atoms with Gasteiger partial charge in [0.25, 0.3) is 0 Å². The van der Waals surface area contributed by atoms with E-state index in [0.717, 1.165) is 6.07 Å². The Balaban J connectivity index is 2.42. The Morgan fingerprint density at radius 3 is 2.20 bits per heavy atom. The van der Waals surface area contributed by atoms with Gasteiger partial charge in [-0.2, -0.15) is 0 Å². The second kappa shape index (κ2) is 4.86. The number of carbonyl (C=O) groups is 1. The van der Waals surface area contributed by atoms with Gasteiger partial charge in [-0.15, -0.1) is 0 Å². The first kappa shape index (κ1) is 15.0. The third-order valence-electron chi connectivity index (χ3n) is 3.98. The number of hydrogen-bond donors (Lipinski definition) is 0. The number of benzene rings is 1. The predicted octanol–water partition coefficient (Wildman–Crippen LogP) is 1.95. The van der Waals surface area contributed by atoms with E-state index in [1.807, 2.05) is 27.7 Å². The quantitative estimate of drug-likeness (QED) is 0.627. The van der Waals surface area contributed by atoms with Crippen LogP contribution in [0.15, 0.2) is 12.1 Å². The van der Waals surface area contributed by atoms with Gasteiger partial charge in [0.2, 0.25) is 0 Å². The lowest BCUT2D eigenvalue weighted by molar-refractivity contribution is 0.00578. The van der Waals surface area contributed by atoms with Crippen LogP contribution in [0.2, 0.25) is 0 Å². The van der Waals surface area contributed by atoms with Crippen LogP contribution >= 0.6 is 0 Å². The zero-order valence-corrected chi connectivity index (χ0v) is 12.3. The lowest BCUT2D eigenvalue weighted by Crippen LogP contribution is -2.41. The first-order chi connectivity index (χ1) is 9.21. The smallest absolute Gasteiger partial charge is 0.496 e. The highest BCUT2D eigenvalue weighted by atomic mass is 19.1. The molecule has 0 aromatic heterocycles. The van der Waals surface area contributed by atoms with Gasteiger partial charge in [-0.25, -0.2) is 4.39 Å². The first-order valence-corrected chi connectivity index (χ1v) is 6.40. The number of methoxy groups -OCH3 is 1. The Bertz CT molecular complexity index is 526. The zero-order chi connectivity index (χ0) is 15.1. The molecule has 2 rings (SSSR count). The van der Waals surface area contributed by atoms with Crippen molar-refractivity contribution >= 4 is 18.9 Å². The van der Waals surface area contributed by atoms with E-state index in [-0.39, 0.29) is 11.0 Å². The van der Waals surface area contributed by atoms with E-state index in [4.69, 9.17) is 14.0 Å². The fourth-order valence-electron chi connectivity index (χ4n) is 2.00. The van der Waals surface area contributed by atoms with E-state index in [1.54, 1.807) is 0 Å². The summed E-state index contributed by atoms with van der Waals surface area (Å²) in [7, 11) is 0.600. The summed E-state index contributed by atoms with van der Waals surface area (Å²) in [5, 5.41) is 0. The number of aldehydes is 1. The molecule has 6 heteroatoms. The fourth-order valence-corrected chi connectivity index (χ4v) is 2.00. The first-order valence-electron chi connectivity index (χ1n) is 6.40. The van der Waals surface area contributed by atoms with Crippen LogP contribution in [-0.2, 0) is 9.31 Å². The number of halogens is 1. The monoisotopic (exact) mass is 280 g/mol. The maximum atomic E-state index is 14.1. The molecular weight excluding hydrogens is 262 g/mol. The molecule has 0 unspecified atom stereocenters. The van der Waals surface area contributed by atoms with Crippen LogP contribution in [0.25, 0.3) is 0 Å². The summed E-state index contributed by atoms with van der Waals surface area (Å²) in [5.41, 5.74) is -0.724. The Hall–Kier alpha value is -1.40. The van der Waals surface area contributed by atoms with Crippen molar-refractivity contribution in [2.75, 3.05) is 7.11 Å². The van der Waals surface area contributed by atoms with Crippen molar-refractivity contribution in [2.24, 2.45) is 0 Å². The molecule has 0 bridgehead atoms. The SMILES string of the molecule is COc1cc(B2OC(C)(C)C(C)(C)O2)c(F)cc1C=O. The standard InChI is InChI=1S/C14H18BFO4/c1-13(2)14(3,4)20-15(19-13)10-7-12(18-5)9(8-17)6-11(10)16/h6-8H,1-5H3. The summed E-state index contributed by atoms with van der Waals surface area (Å²) in [4.78, 5) is 10.9. The van der Waals surface area contributed by atoms with Gasteiger partial charge in [0, 0.05) is 5.46 Å². The van der Waals surface area contributed by atoms with E-state index < -0.39 is 24.1 Å². The van der Waals surface area contributed by atoms with Crippen LogP contribution < -0.4 is 10.2 Å². The summed E-state index contributed by atoms with van der Waals surface area (Å²) in [6.45, 7) is 7.56. The lowest BCUT2D eigenvalue weighted by atomic mass is 9.78. The molecular formula is C14H18BFO4. The third-order valence-corrected chi connectivity index (χ3v) is 3.98. The van der Waals surface area contributed by atoms with Crippen molar-refractivity contribution in [3.63, 3.8) is 0 Å². The van der Waals surface area contributed by atoms with Crippen LogP contribution in [0, 0.1) is 5.82 Å². The number of carbonyl (C=O) groups excluding carboxylic acids is 1. The number of ether oxygens (including phenoxy) is 1. The minimum atomic E-state index is -0.824. The molecule has 1 aromatic carbocycles. The molecule has 0 atom stereocenters. The van der Waals surface area contributed by atoms with E-state index in [9.17, 15) is 9.18 Å². The Labute approximate surface area is 118 Å². The van der Waals surface area contributed by atoms with Gasteiger partial charge in [0.1, 0.15) is 11.6 Å². The van der Waals surface area contributed by atoms with E-state index >= 15 is 0 Å². The topological polar surface area (TPSA) is 44.8 Å². The molecule has 0 N–H and O–H groups in total. The molecule has 0 radical (unpaired) electrons. The summed E-state index contributed by atoms with van der Waals surface area (Å²) in [5.74, 6) is -0.252. The molecule has 1 aromatic rings. The van der Waals surface area contributed by atoms with E-state index in [2.05, 4.69) is 0 Å². The van der Waals surface area contributed by atoms with Crippen molar-refractivity contribution in [2.45, 2.75) is 38.9 Å². The Kier molecular flexibility index (Phi) is 3.65. The molecule has 108 valence electrons. The van der Waals surface area contributed by atoms with E-state index in [0.29, 0.717) is 12.0 Å². The summed E-state index contributed by atoms with van der Waals surface area (Å²) >= 11 is 0. The molecule has 0 amide bonds. The largest absolute Gasteiger partial charge is 0.497 e. The van der Waals surface area contributed by atoms with Crippen molar-refractivity contribution in [1.29, 1.82) is 0 Å².